The molecule has 0 bridgehead atoms. The van der Waals surface area contributed by atoms with Gasteiger partial charge < -0.3 is 19.1 Å². The Bertz CT molecular complexity index is 1410. The van der Waals surface area contributed by atoms with Crippen LogP contribution in [0.4, 0.5) is 11.4 Å². The molecule has 1 saturated heterocycles. The van der Waals surface area contributed by atoms with Crippen LogP contribution in [0.5, 0.6) is 5.75 Å². The van der Waals surface area contributed by atoms with E-state index in [1.54, 1.807) is 37.6 Å². The molecule has 37 heavy (non-hydrogen) atoms. The summed E-state index contributed by atoms with van der Waals surface area (Å²) in [5.41, 5.74) is 2.69. The number of aromatic nitrogens is 1. The number of hydrogen-bond acceptors (Lipinski definition) is 6. The van der Waals surface area contributed by atoms with Crippen molar-refractivity contribution in [2.45, 2.75) is 11.3 Å². The highest BCUT2D eigenvalue weighted by Gasteiger charge is 2.23. The van der Waals surface area contributed by atoms with E-state index in [0.717, 1.165) is 29.8 Å². The van der Waals surface area contributed by atoms with E-state index in [-0.39, 0.29) is 5.91 Å². The molecule has 3 aromatic carbocycles. The molecule has 0 radical (unpaired) electrons. The van der Waals surface area contributed by atoms with E-state index in [1.807, 2.05) is 53.4 Å². The topological polar surface area (TPSA) is 80.8 Å². The largest absolute Gasteiger partial charge is 0.588 e. The number of benzene rings is 3. The predicted molar refractivity (Wildman–Crippen MR) is 149 cm³/mol. The van der Waals surface area contributed by atoms with Gasteiger partial charge in [-0.25, -0.2) is 4.72 Å². The molecule has 190 valence electrons. The lowest BCUT2D eigenvalue weighted by atomic mass is 10.1. The number of amides is 1. The molecule has 1 aromatic heterocycles. The summed E-state index contributed by atoms with van der Waals surface area (Å²) in [7, 11) is 1.67. The van der Waals surface area contributed by atoms with Gasteiger partial charge in [-0.15, -0.1) is 0 Å². The van der Waals surface area contributed by atoms with Gasteiger partial charge in [0.05, 0.1) is 17.8 Å². The molecule has 1 aliphatic heterocycles. The van der Waals surface area contributed by atoms with Crippen LogP contribution in [0.1, 0.15) is 16.8 Å². The van der Waals surface area contributed by atoms with Crippen LogP contribution in [0.15, 0.2) is 83.9 Å². The second-order valence-electron chi connectivity index (χ2n) is 8.70. The third-order valence-corrected chi connectivity index (χ3v) is 7.87. The van der Waals surface area contributed by atoms with Crippen molar-refractivity contribution < 1.29 is 14.1 Å². The van der Waals surface area contributed by atoms with E-state index in [0.29, 0.717) is 46.3 Å². The average molecular weight is 535 g/mol. The van der Waals surface area contributed by atoms with Gasteiger partial charge in [-0.05, 0) is 48.9 Å². The number of carbonyl (C=O) groups excluding carboxylic acids is 1. The summed E-state index contributed by atoms with van der Waals surface area (Å²) in [4.78, 5) is 22.4. The Morgan fingerprint density at radius 1 is 1.03 bits per heavy atom. The van der Waals surface area contributed by atoms with Gasteiger partial charge >= 0.3 is 0 Å². The monoisotopic (exact) mass is 534 g/mol. The first-order valence-corrected chi connectivity index (χ1v) is 13.6. The van der Waals surface area contributed by atoms with E-state index in [4.69, 9.17) is 16.3 Å². The first-order valence-electron chi connectivity index (χ1n) is 12.0. The van der Waals surface area contributed by atoms with E-state index < -0.39 is 11.4 Å². The zero-order valence-electron chi connectivity index (χ0n) is 20.4. The Labute approximate surface area is 224 Å². The van der Waals surface area contributed by atoms with Gasteiger partial charge in [-0.1, -0.05) is 41.9 Å². The Morgan fingerprint density at radius 2 is 1.86 bits per heavy atom. The van der Waals surface area contributed by atoms with E-state index in [1.165, 1.54) is 0 Å². The Kier molecular flexibility index (Phi) is 7.69. The van der Waals surface area contributed by atoms with Crippen molar-refractivity contribution in [2.24, 2.45) is 0 Å². The molecule has 0 saturated carbocycles. The minimum Gasteiger partial charge on any atom is -0.588 e. The highest BCUT2D eigenvalue weighted by atomic mass is 35.5. The first kappa shape index (κ1) is 25.2. The van der Waals surface area contributed by atoms with Gasteiger partial charge in [0.2, 0.25) is 4.90 Å². The van der Waals surface area contributed by atoms with Gasteiger partial charge in [-0.2, -0.15) is 0 Å². The number of rotatable bonds is 6. The number of fused-ring (bicyclic) bond motifs is 1. The molecule has 1 aliphatic rings. The maximum Gasteiger partial charge on any atom is 0.253 e. The molecular formula is C28H27ClN4O3S. The summed E-state index contributed by atoms with van der Waals surface area (Å²) in [6, 6.07) is 22.3. The Balaban J connectivity index is 1.27. The fourth-order valence-corrected chi connectivity index (χ4v) is 5.87. The molecule has 1 fully saturated rings. The molecule has 1 unspecified atom stereocenters. The zero-order chi connectivity index (χ0) is 25.8. The van der Waals surface area contributed by atoms with Crippen LogP contribution in [0.2, 0.25) is 5.02 Å². The lowest BCUT2D eigenvalue weighted by molar-refractivity contribution is 0.0767. The smallest absolute Gasteiger partial charge is 0.253 e. The molecule has 1 atom stereocenters. The third-order valence-electron chi connectivity index (χ3n) is 6.42. The number of methoxy groups -OCH3 is 1. The van der Waals surface area contributed by atoms with Crippen molar-refractivity contribution in [3.63, 3.8) is 0 Å². The minimum absolute atomic E-state index is 0.0743. The van der Waals surface area contributed by atoms with Gasteiger partial charge in [0, 0.05) is 43.3 Å². The molecular weight excluding hydrogens is 508 g/mol. The standard InChI is InChI=1S/C28H27ClN4O3S/c1-36-25-10-3-2-9-24(25)32-15-6-16-33(18-17-32)28(34)21-12-13-23(22(29)19-21)31-37(35)26-11-4-7-20-8-5-14-30-27(20)26/h2-5,7-14,19,31H,6,15-18H2,1H3. The molecule has 4 aromatic rings. The van der Waals surface area contributed by atoms with Gasteiger partial charge in [-0.3, -0.25) is 9.78 Å². The molecule has 7 nitrogen and oxygen atoms in total. The average Bonchev–Trinajstić information content (AvgIpc) is 3.19. The van der Waals surface area contributed by atoms with Crippen molar-refractivity contribution in [1.29, 1.82) is 0 Å². The maximum absolute atomic E-state index is 13.3. The summed E-state index contributed by atoms with van der Waals surface area (Å²) >= 11 is 4.95. The summed E-state index contributed by atoms with van der Waals surface area (Å²) in [5.74, 6) is 0.753. The minimum atomic E-state index is -1.58. The fourth-order valence-electron chi connectivity index (χ4n) is 4.55. The number of anilines is 2. The normalized spacial score (nSPS) is 14.8. The number of nitrogens with zero attached hydrogens (tertiary/aromatic N) is 3. The van der Waals surface area contributed by atoms with Gasteiger partial charge in [0.15, 0.2) is 0 Å². The zero-order valence-corrected chi connectivity index (χ0v) is 22.0. The first-order chi connectivity index (χ1) is 18.0. The van der Waals surface area contributed by atoms with Crippen LogP contribution in [-0.4, -0.2) is 53.6 Å². The molecule has 0 spiro atoms. The number of pyridine rings is 1. The SMILES string of the molecule is COc1ccccc1N1CCCN(C(=O)c2ccc(N[S+]([O-])c3cccc4cccnc34)c(Cl)c2)CC1. The fraction of sp³-hybridized carbons (Fsp3) is 0.214. The molecule has 9 heteroatoms. The highest BCUT2D eigenvalue weighted by Crippen LogP contribution is 2.30. The van der Waals surface area contributed by atoms with Crippen LogP contribution < -0.4 is 14.4 Å². The summed E-state index contributed by atoms with van der Waals surface area (Å²) in [5, 5.41) is 1.24. The number of hydrogen-bond donors (Lipinski definition) is 1. The number of carbonyl (C=O) groups is 1. The van der Waals surface area contributed by atoms with E-state index >= 15 is 0 Å². The van der Waals surface area contributed by atoms with Crippen LogP contribution in [-0.2, 0) is 11.4 Å². The molecule has 1 amide bonds. The summed E-state index contributed by atoms with van der Waals surface area (Å²) < 4.78 is 21.6. The lowest BCUT2D eigenvalue weighted by Gasteiger charge is -2.25. The van der Waals surface area contributed by atoms with E-state index in [9.17, 15) is 9.35 Å². The Morgan fingerprint density at radius 3 is 2.70 bits per heavy atom. The predicted octanol–water partition coefficient (Wildman–Crippen LogP) is 5.38. The highest BCUT2D eigenvalue weighted by molar-refractivity contribution is 7.93. The van der Waals surface area contributed by atoms with Crippen molar-refractivity contribution in [3.05, 3.63) is 89.6 Å². The molecule has 1 N–H and O–H groups in total. The number of nitrogens with one attached hydrogen (secondary N) is 1. The number of halogens is 1. The molecule has 5 rings (SSSR count). The maximum atomic E-state index is 13.3. The van der Waals surface area contributed by atoms with Gasteiger partial charge in [0.25, 0.3) is 5.91 Å². The van der Waals surface area contributed by atoms with Crippen LogP contribution in [0.3, 0.4) is 0 Å². The molecule has 2 heterocycles. The van der Waals surface area contributed by atoms with E-state index in [2.05, 4.69) is 14.6 Å². The van der Waals surface area contributed by atoms with Crippen molar-refractivity contribution in [3.8, 4) is 5.75 Å². The second-order valence-corrected chi connectivity index (χ2v) is 10.3. The lowest BCUT2D eigenvalue weighted by Crippen LogP contribution is -2.35. The quantitative estimate of drug-likeness (QED) is 0.334. The Hall–Kier alpha value is -3.46. The van der Waals surface area contributed by atoms with Crippen LogP contribution >= 0.6 is 11.6 Å². The molecule has 0 aliphatic carbocycles. The van der Waals surface area contributed by atoms with Crippen LogP contribution in [0.25, 0.3) is 10.9 Å². The van der Waals surface area contributed by atoms with Crippen molar-refractivity contribution >= 4 is 51.1 Å². The summed E-state index contributed by atoms with van der Waals surface area (Å²) in [6.45, 7) is 2.78. The second kappa shape index (κ2) is 11.3. The number of ether oxygens (including phenoxy) is 1. The van der Waals surface area contributed by atoms with Crippen molar-refractivity contribution in [2.75, 3.05) is 42.9 Å². The van der Waals surface area contributed by atoms with Crippen molar-refractivity contribution in [1.82, 2.24) is 9.88 Å². The van der Waals surface area contributed by atoms with Crippen LogP contribution in [0, 0.1) is 0 Å². The third kappa shape index (κ3) is 5.46. The number of para-hydroxylation sites is 3. The summed E-state index contributed by atoms with van der Waals surface area (Å²) in [6.07, 6.45) is 2.52. The van der Waals surface area contributed by atoms with Gasteiger partial charge in [0.1, 0.15) is 28.3 Å².